The van der Waals surface area contributed by atoms with Gasteiger partial charge in [-0.1, -0.05) is 6.07 Å². The number of pyridine rings is 1. The zero-order valence-electron chi connectivity index (χ0n) is 20.4. The number of amides is 1. The molecule has 0 saturated carbocycles. The third-order valence-electron chi connectivity index (χ3n) is 7.70. The molecule has 8 heteroatoms. The van der Waals surface area contributed by atoms with E-state index in [0.717, 1.165) is 35.0 Å². The van der Waals surface area contributed by atoms with E-state index in [1.807, 2.05) is 42.5 Å². The number of nitrogens with zero attached hydrogens (tertiary/aromatic N) is 3. The molecular formula is C28H29N5O3. The number of nitrogens with one attached hydrogen (secondary N) is 2. The van der Waals surface area contributed by atoms with Gasteiger partial charge in [0, 0.05) is 35.4 Å². The molecule has 0 aliphatic carbocycles. The number of phenolic OH excluding ortho intramolecular Hbond substituents is 1. The number of aromatic amines is 1. The fourth-order valence-electron chi connectivity index (χ4n) is 5.74. The number of carbonyl (C=O) groups excluding carboxylic acids is 1. The number of aromatic nitrogens is 3. The fraction of sp³-hybridized carbons (Fsp3) is 0.321. The maximum absolute atomic E-state index is 13.0. The van der Waals surface area contributed by atoms with E-state index in [-0.39, 0.29) is 17.7 Å². The summed E-state index contributed by atoms with van der Waals surface area (Å²) in [4.78, 5) is 27.7. The molecule has 0 spiro atoms. The second-order valence-electron chi connectivity index (χ2n) is 9.80. The molecule has 4 heterocycles. The van der Waals surface area contributed by atoms with Gasteiger partial charge in [0.2, 0.25) is 5.88 Å². The van der Waals surface area contributed by atoms with Crippen LogP contribution in [0.4, 0.5) is 0 Å². The van der Waals surface area contributed by atoms with Crippen molar-refractivity contribution in [3.63, 3.8) is 0 Å². The number of rotatable bonds is 5. The summed E-state index contributed by atoms with van der Waals surface area (Å²) < 4.78 is 5.40. The van der Waals surface area contributed by atoms with Crippen molar-refractivity contribution in [1.82, 2.24) is 25.2 Å². The summed E-state index contributed by atoms with van der Waals surface area (Å²) in [5.74, 6) is 1.08. The van der Waals surface area contributed by atoms with Crippen molar-refractivity contribution >= 4 is 16.9 Å². The maximum atomic E-state index is 13.0. The van der Waals surface area contributed by atoms with E-state index >= 15 is 0 Å². The van der Waals surface area contributed by atoms with Crippen LogP contribution in [0.25, 0.3) is 33.5 Å². The first-order valence-corrected chi connectivity index (χ1v) is 12.4. The van der Waals surface area contributed by atoms with E-state index in [2.05, 4.69) is 32.2 Å². The van der Waals surface area contributed by atoms with Crippen LogP contribution in [0.5, 0.6) is 11.6 Å². The Morgan fingerprint density at radius 3 is 2.69 bits per heavy atom. The molecule has 4 aromatic rings. The fourth-order valence-corrected chi connectivity index (χ4v) is 5.74. The number of hydrogen-bond donors (Lipinski definition) is 3. The standard InChI is InChI=1S/C28H29N5O3/c1-33-19-7-8-20(33)15-18(14-19)30-27(35)17-5-9-23-24(13-17)32-26(31-23)22-12-16(6-10-25(22)34)21-4-3-11-29-28(21)36-2/h3-6,9-13,18-20,34H,7-8,14-15H2,1-2H3,(H,30,35)(H,31,32). The molecule has 36 heavy (non-hydrogen) atoms. The topological polar surface area (TPSA) is 103 Å². The molecule has 2 fully saturated rings. The summed E-state index contributed by atoms with van der Waals surface area (Å²) in [5.41, 5.74) is 4.29. The highest BCUT2D eigenvalue weighted by atomic mass is 16.5. The lowest BCUT2D eigenvalue weighted by atomic mass is 9.97. The van der Waals surface area contributed by atoms with E-state index in [1.165, 1.54) is 12.8 Å². The molecule has 2 bridgehead atoms. The molecule has 0 radical (unpaired) electrons. The van der Waals surface area contributed by atoms with Crippen molar-refractivity contribution in [3.05, 3.63) is 60.3 Å². The number of carbonyl (C=O) groups is 1. The number of phenols is 1. The summed E-state index contributed by atoms with van der Waals surface area (Å²) in [7, 11) is 3.78. The van der Waals surface area contributed by atoms with Crippen LogP contribution in [0, 0.1) is 0 Å². The first-order chi connectivity index (χ1) is 17.5. The van der Waals surface area contributed by atoms with E-state index in [0.29, 0.717) is 34.9 Å². The quantitative estimate of drug-likeness (QED) is 0.390. The molecule has 2 aromatic heterocycles. The SMILES string of the molecule is COc1ncccc1-c1ccc(O)c(-c2nc3ccc(C(=O)NC4CC5CCC(C4)N5C)cc3[nH]2)c1. The molecule has 184 valence electrons. The number of fused-ring (bicyclic) bond motifs is 3. The third-order valence-corrected chi connectivity index (χ3v) is 7.70. The van der Waals surface area contributed by atoms with Crippen LogP contribution in [0.2, 0.25) is 0 Å². The Morgan fingerprint density at radius 2 is 1.92 bits per heavy atom. The first kappa shape index (κ1) is 22.5. The second-order valence-corrected chi connectivity index (χ2v) is 9.80. The van der Waals surface area contributed by atoms with Gasteiger partial charge in [-0.3, -0.25) is 4.79 Å². The number of ether oxygens (including phenoxy) is 1. The van der Waals surface area contributed by atoms with Crippen molar-refractivity contribution in [3.8, 4) is 34.1 Å². The summed E-state index contributed by atoms with van der Waals surface area (Å²) in [6.45, 7) is 0. The number of imidazole rings is 1. The molecule has 2 unspecified atom stereocenters. The number of hydrogen-bond acceptors (Lipinski definition) is 6. The number of benzene rings is 2. The summed E-state index contributed by atoms with van der Waals surface area (Å²) >= 11 is 0. The zero-order valence-corrected chi connectivity index (χ0v) is 20.4. The molecule has 8 nitrogen and oxygen atoms in total. The van der Waals surface area contributed by atoms with E-state index in [9.17, 15) is 9.90 Å². The molecule has 2 aliphatic heterocycles. The van der Waals surface area contributed by atoms with E-state index in [1.54, 1.807) is 19.4 Å². The van der Waals surface area contributed by atoms with Gasteiger partial charge in [0.1, 0.15) is 11.6 Å². The minimum atomic E-state index is -0.0597. The Labute approximate surface area is 209 Å². The van der Waals surface area contributed by atoms with Gasteiger partial charge in [-0.2, -0.15) is 0 Å². The van der Waals surface area contributed by atoms with Crippen LogP contribution >= 0.6 is 0 Å². The average Bonchev–Trinajstić information content (AvgIpc) is 3.39. The van der Waals surface area contributed by atoms with Gasteiger partial charge >= 0.3 is 0 Å². The molecule has 1 amide bonds. The van der Waals surface area contributed by atoms with Crippen LogP contribution in [0.1, 0.15) is 36.0 Å². The van der Waals surface area contributed by atoms with Gasteiger partial charge in [-0.15, -0.1) is 0 Å². The number of methoxy groups -OCH3 is 1. The second kappa shape index (κ2) is 8.95. The smallest absolute Gasteiger partial charge is 0.251 e. The third kappa shape index (κ3) is 3.97. The van der Waals surface area contributed by atoms with Gasteiger partial charge in [0.25, 0.3) is 5.91 Å². The van der Waals surface area contributed by atoms with Crippen molar-refractivity contribution in [2.45, 2.75) is 43.8 Å². The minimum Gasteiger partial charge on any atom is -0.507 e. The Balaban J connectivity index is 1.26. The highest BCUT2D eigenvalue weighted by molar-refractivity contribution is 5.98. The zero-order chi connectivity index (χ0) is 24.8. The highest BCUT2D eigenvalue weighted by Gasteiger charge is 2.38. The lowest BCUT2D eigenvalue weighted by Crippen LogP contribution is -2.48. The Kier molecular flexibility index (Phi) is 5.60. The van der Waals surface area contributed by atoms with Gasteiger partial charge < -0.3 is 25.0 Å². The van der Waals surface area contributed by atoms with Gasteiger partial charge in [0.15, 0.2) is 0 Å². The molecule has 6 rings (SSSR count). The maximum Gasteiger partial charge on any atom is 0.251 e. The molecule has 2 aromatic carbocycles. The molecule has 2 atom stereocenters. The Bertz CT molecular complexity index is 1430. The largest absolute Gasteiger partial charge is 0.507 e. The van der Waals surface area contributed by atoms with Crippen LogP contribution in [-0.2, 0) is 0 Å². The Morgan fingerprint density at radius 1 is 1.11 bits per heavy atom. The van der Waals surface area contributed by atoms with Gasteiger partial charge in [0.05, 0.1) is 23.7 Å². The summed E-state index contributed by atoms with van der Waals surface area (Å²) in [6, 6.07) is 15.9. The lowest BCUT2D eigenvalue weighted by molar-refractivity contribution is 0.0882. The Hall–Kier alpha value is -3.91. The molecule has 2 aliphatic rings. The predicted molar refractivity (Wildman–Crippen MR) is 138 cm³/mol. The first-order valence-electron chi connectivity index (χ1n) is 12.4. The van der Waals surface area contributed by atoms with Crippen molar-refractivity contribution in [1.29, 1.82) is 0 Å². The van der Waals surface area contributed by atoms with Crippen LogP contribution in [0.3, 0.4) is 0 Å². The lowest BCUT2D eigenvalue weighted by Gasteiger charge is -2.36. The van der Waals surface area contributed by atoms with Gasteiger partial charge in [-0.05, 0) is 80.8 Å². The number of aromatic hydroxyl groups is 1. The van der Waals surface area contributed by atoms with E-state index in [4.69, 9.17) is 4.74 Å². The van der Waals surface area contributed by atoms with Crippen molar-refractivity contribution in [2.75, 3.05) is 14.2 Å². The highest BCUT2D eigenvalue weighted by Crippen LogP contribution is 2.36. The number of H-pyrrole nitrogens is 1. The normalized spacial score (nSPS) is 21.6. The minimum absolute atomic E-state index is 0.0597. The molecule has 2 saturated heterocycles. The van der Waals surface area contributed by atoms with Crippen molar-refractivity contribution in [2.24, 2.45) is 0 Å². The van der Waals surface area contributed by atoms with Gasteiger partial charge in [-0.25, -0.2) is 9.97 Å². The monoisotopic (exact) mass is 483 g/mol. The molecule has 3 N–H and O–H groups in total. The van der Waals surface area contributed by atoms with Crippen LogP contribution in [-0.4, -0.2) is 63.1 Å². The van der Waals surface area contributed by atoms with Crippen LogP contribution in [0.15, 0.2) is 54.7 Å². The molecular weight excluding hydrogens is 454 g/mol. The van der Waals surface area contributed by atoms with Crippen LogP contribution < -0.4 is 10.1 Å². The van der Waals surface area contributed by atoms with Crippen molar-refractivity contribution < 1.29 is 14.6 Å². The number of piperidine rings is 1. The average molecular weight is 484 g/mol. The van der Waals surface area contributed by atoms with E-state index < -0.39 is 0 Å². The summed E-state index contributed by atoms with van der Waals surface area (Å²) in [5, 5.41) is 13.9. The summed E-state index contributed by atoms with van der Waals surface area (Å²) in [6.07, 6.45) is 6.13. The predicted octanol–water partition coefficient (Wildman–Crippen LogP) is 4.36.